The third-order valence-electron chi connectivity index (χ3n) is 4.22. The lowest BCUT2D eigenvalue weighted by atomic mass is 10.1. The van der Waals surface area contributed by atoms with Crippen molar-refractivity contribution in [1.29, 1.82) is 0 Å². The molecule has 0 spiro atoms. The topological polar surface area (TPSA) is 76.7 Å². The van der Waals surface area contributed by atoms with E-state index in [0.29, 0.717) is 22.6 Å². The van der Waals surface area contributed by atoms with Crippen LogP contribution < -0.4 is 5.32 Å². The van der Waals surface area contributed by atoms with E-state index in [1.807, 2.05) is 48.5 Å². The molecule has 0 aliphatic carbocycles. The van der Waals surface area contributed by atoms with Crippen LogP contribution >= 0.6 is 11.6 Å². The molecule has 2 aromatic carbocycles. The Morgan fingerprint density at radius 3 is 2.78 bits per heavy atom. The largest absolute Gasteiger partial charge is 0.355 e. The maximum Gasteiger partial charge on any atom is 0.226 e. The summed E-state index contributed by atoms with van der Waals surface area (Å²) in [4.78, 5) is 13.3. The van der Waals surface area contributed by atoms with Gasteiger partial charge in [-0.15, -0.1) is 0 Å². The first-order chi connectivity index (χ1) is 13.2. The van der Waals surface area contributed by atoms with Gasteiger partial charge in [-0.05, 0) is 30.2 Å². The second-order valence-electron chi connectivity index (χ2n) is 6.17. The number of rotatable bonds is 6. The number of benzene rings is 2. The molecule has 0 saturated carbocycles. The van der Waals surface area contributed by atoms with Gasteiger partial charge in [0.2, 0.25) is 5.89 Å². The normalized spacial score (nSPS) is 12.2. The standard InChI is InChI=1S/C20H18ClN5O/c1-2-6-17-24-20(26-27-17)18(13-7-4-3-5-8-13)25-19-15-10-9-14(21)11-16(15)22-12-23-19/h3-5,7-12,18H,2,6H2,1H3,(H,22,23,25). The zero-order valence-electron chi connectivity index (χ0n) is 14.8. The minimum atomic E-state index is -0.297. The molecular weight excluding hydrogens is 362 g/mol. The highest BCUT2D eigenvalue weighted by Gasteiger charge is 2.21. The molecule has 27 heavy (non-hydrogen) atoms. The number of halogens is 1. The second-order valence-corrected chi connectivity index (χ2v) is 6.60. The van der Waals surface area contributed by atoms with Crippen LogP contribution in [0.2, 0.25) is 5.02 Å². The number of hydrogen-bond donors (Lipinski definition) is 1. The van der Waals surface area contributed by atoms with Crippen molar-refractivity contribution < 1.29 is 4.52 Å². The Kier molecular flexibility index (Phi) is 4.98. The Labute approximate surface area is 161 Å². The van der Waals surface area contributed by atoms with Crippen LogP contribution in [-0.4, -0.2) is 20.1 Å². The highest BCUT2D eigenvalue weighted by molar-refractivity contribution is 6.31. The lowest BCUT2D eigenvalue weighted by Crippen LogP contribution is -2.15. The number of nitrogens with zero attached hydrogens (tertiary/aromatic N) is 4. The van der Waals surface area contributed by atoms with E-state index in [0.717, 1.165) is 29.3 Å². The minimum absolute atomic E-state index is 0.297. The molecule has 0 amide bonds. The smallest absolute Gasteiger partial charge is 0.226 e. The fourth-order valence-electron chi connectivity index (χ4n) is 2.93. The van der Waals surface area contributed by atoms with Gasteiger partial charge in [-0.3, -0.25) is 0 Å². The molecule has 0 fully saturated rings. The van der Waals surface area contributed by atoms with Crippen LogP contribution in [0.15, 0.2) is 59.4 Å². The Morgan fingerprint density at radius 2 is 1.96 bits per heavy atom. The van der Waals surface area contributed by atoms with Crippen LogP contribution in [-0.2, 0) is 6.42 Å². The Balaban J connectivity index is 1.75. The Hall–Kier alpha value is -2.99. The lowest BCUT2D eigenvalue weighted by molar-refractivity contribution is 0.371. The Bertz CT molecular complexity index is 1050. The zero-order valence-corrected chi connectivity index (χ0v) is 15.5. The Morgan fingerprint density at radius 1 is 1.11 bits per heavy atom. The van der Waals surface area contributed by atoms with Gasteiger partial charge in [0.25, 0.3) is 0 Å². The van der Waals surface area contributed by atoms with E-state index < -0.39 is 0 Å². The molecule has 7 heteroatoms. The van der Waals surface area contributed by atoms with E-state index in [4.69, 9.17) is 16.1 Å². The third kappa shape index (κ3) is 3.75. The van der Waals surface area contributed by atoms with Crippen LogP contribution in [0.3, 0.4) is 0 Å². The van der Waals surface area contributed by atoms with Gasteiger partial charge >= 0.3 is 0 Å². The molecule has 0 aliphatic rings. The summed E-state index contributed by atoms with van der Waals surface area (Å²) in [6.07, 6.45) is 3.22. The number of anilines is 1. The fraction of sp³-hybridized carbons (Fsp3) is 0.200. The van der Waals surface area contributed by atoms with Gasteiger partial charge < -0.3 is 9.84 Å². The van der Waals surface area contributed by atoms with Gasteiger partial charge in [0.1, 0.15) is 18.2 Å². The second kappa shape index (κ2) is 7.72. The average molecular weight is 380 g/mol. The van der Waals surface area contributed by atoms with Gasteiger partial charge in [-0.25, -0.2) is 9.97 Å². The number of aryl methyl sites for hydroxylation is 1. The molecule has 0 radical (unpaired) electrons. The number of fused-ring (bicyclic) bond motifs is 1. The fourth-order valence-corrected chi connectivity index (χ4v) is 3.09. The SMILES string of the molecule is CCCc1nc(C(Nc2ncnc3cc(Cl)ccc23)c2ccccc2)no1. The van der Waals surface area contributed by atoms with Crippen molar-refractivity contribution in [2.75, 3.05) is 5.32 Å². The zero-order chi connectivity index (χ0) is 18.6. The number of nitrogens with one attached hydrogen (secondary N) is 1. The van der Waals surface area contributed by atoms with E-state index in [9.17, 15) is 0 Å². The van der Waals surface area contributed by atoms with Gasteiger partial charge in [0.05, 0.1) is 5.52 Å². The molecule has 4 rings (SSSR count). The van der Waals surface area contributed by atoms with Crippen LogP contribution in [0.5, 0.6) is 0 Å². The van der Waals surface area contributed by atoms with Gasteiger partial charge in [-0.2, -0.15) is 4.98 Å². The first-order valence-electron chi connectivity index (χ1n) is 8.79. The van der Waals surface area contributed by atoms with E-state index in [2.05, 4.69) is 32.3 Å². The third-order valence-corrected chi connectivity index (χ3v) is 4.45. The summed E-state index contributed by atoms with van der Waals surface area (Å²) >= 11 is 6.09. The molecule has 1 atom stereocenters. The minimum Gasteiger partial charge on any atom is -0.355 e. The van der Waals surface area contributed by atoms with E-state index >= 15 is 0 Å². The van der Waals surface area contributed by atoms with Crippen molar-refractivity contribution in [3.8, 4) is 0 Å². The van der Waals surface area contributed by atoms with Crippen molar-refractivity contribution in [3.63, 3.8) is 0 Å². The molecule has 0 bridgehead atoms. The van der Waals surface area contributed by atoms with Crippen molar-refractivity contribution in [1.82, 2.24) is 20.1 Å². The molecular formula is C20H18ClN5O. The van der Waals surface area contributed by atoms with Crippen molar-refractivity contribution in [2.45, 2.75) is 25.8 Å². The molecule has 0 aliphatic heterocycles. The maximum atomic E-state index is 6.09. The summed E-state index contributed by atoms with van der Waals surface area (Å²) in [5.74, 6) is 1.90. The van der Waals surface area contributed by atoms with E-state index in [-0.39, 0.29) is 6.04 Å². The molecule has 1 unspecified atom stereocenters. The molecule has 2 aromatic heterocycles. The van der Waals surface area contributed by atoms with Crippen molar-refractivity contribution in [2.24, 2.45) is 0 Å². The predicted octanol–water partition coefficient (Wildman–Crippen LogP) is 4.82. The molecule has 136 valence electrons. The summed E-state index contributed by atoms with van der Waals surface area (Å²) < 4.78 is 5.40. The van der Waals surface area contributed by atoms with Crippen LogP contribution in [0.25, 0.3) is 10.9 Å². The first kappa shape index (κ1) is 17.4. The number of aromatic nitrogens is 4. The van der Waals surface area contributed by atoms with Gasteiger partial charge in [-0.1, -0.05) is 54.0 Å². The first-order valence-corrected chi connectivity index (χ1v) is 9.16. The molecule has 0 saturated heterocycles. The van der Waals surface area contributed by atoms with E-state index in [1.54, 1.807) is 0 Å². The molecule has 6 nitrogen and oxygen atoms in total. The van der Waals surface area contributed by atoms with Gasteiger partial charge in [0, 0.05) is 16.8 Å². The van der Waals surface area contributed by atoms with E-state index in [1.165, 1.54) is 6.33 Å². The summed E-state index contributed by atoms with van der Waals surface area (Å²) in [5.41, 5.74) is 1.79. The summed E-state index contributed by atoms with van der Waals surface area (Å²) in [6.45, 7) is 2.08. The van der Waals surface area contributed by atoms with Crippen LogP contribution in [0, 0.1) is 0 Å². The highest BCUT2D eigenvalue weighted by Crippen LogP contribution is 2.28. The van der Waals surface area contributed by atoms with Crippen LogP contribution in [0.4, 0.5) is 5.82 Å². The molecule has 4 aromatic rings. The summed E-state index contributed by atoms with van der Waals surface area (Å²) in [7, 11) is 0. The monoisotopic (exact) mass is 379 g/mol. The van der Waals surface area contributed by atoms with Crippen LogP contribution in [0.1, 0.15) is 36.7 Å². The quantitative estimate of drug-likeness (QED) is 0.517. The predicted molar refractivity (Wildman–Crippen MR) is 105 cm³/mol. The van der Waals surface area contributed by atoms with Crippen molar-refractivity contribution in [3.05, 3.63) is 77.2 Å². The summed E-state index contributed by atoms with van der Waals surface area (Å²) in [5, 5.41) is 9.15. The lowest BCUT2D eigenvalue weighted by Gasteiger charge is -2.17. The summed E-state index contributed by atoms with van der Waals surface area (Å²) in [6, 6.07) is 15.2. The van der Waals surface area contributed by atoms with Gasteiger partial charge in [0.15, 0.2) is 5.82 Å². The number of hydrogen-bond acceptors (Lipinski definition) is 6. The molecule has 1 N–H and O–H groups in total. The highest BCUT2D eigenvalue weighted by atomic mass is 35.5. The van der Waals surface area contributed by atoms with Crippen molar-refractivity contribution >= 4 is 28.3 Å². The molecule has 2 heterocycles. The average Bonchev–Trinajstić information content (AvgIpc) is 3.15. The maximum absolute atomic E-state index is 6.09.